The number of likely N-dealkylation sites (N-methyl/N-ethyl adjacent to an activating group) is 1. The number of nitrogens with two attached hydrogens (primary N) is 1. The van der Waals surface area contributed by atoms with Crippen molar-refractivity contribution in [1.29, 1.82) is 0 Å². The average molecular weight is 300 g/mol. The lowest BCUT2D eigenvalue weighted by Crippen LogP contribution is -2.42. The fourth-order valence-electron chi connectivity index (χ4n) is 3.72. The van der Waals surface area contributed by atoms with Gasteiger partial charge in [-0.2, -0.15) is 0 Å². The second kappa shape index (κ2) is 7.14. The van der Waals surface area contributed by atoms with E-state index in [1.165, 1.54) is 55.3 Å². The summed E-state index contributed by atoms with van der Waals surface area (Å²) in [7, 11) is 0. The van der Waals surface area contributed by atoms with E-state index in [1.54, 1.807) is 0 Å². The maximum atomic E-state index is 6.02. The van der Waals surface area contributed by atoms with E-state index in [0.29, 0.717) is 18.5 Å². The summed E-state index contributed by atoms with van der Waals surface area (Å²) in [5.41, 5.74) is 10.3. The molecule has 1 saturated heterocycles. The summed E-state index contributed by atoms with van der Waals surface area (Å²) in [6.45, 7) is 6.15. The van der Waals surface area contributed by atoms with E-state index in [1.807, 2.05) is 0 Å². The minimum absolute atomic E-state index is 0.573. The van der Waals surface area contributed by atoms with E-state index in [9.17, 15) is 0 Å². The highest BCUT2D eigenvalue weighted by Gasteiger charge is 2.22. The van der Waals surface area contributed by atoms with Crippen LogP contribution in [0.5, 0.6) is 0 Å². The van der Waals surface area contributed by atoms with Crippen LogP contribution in [0.15, 0.2) is 23.2 Å². The molecule has 1 aromatic carbocycles. The second-order valence-electron chi connectivity index (χ2n) is 6.46. The van der Waals surface area contributed by atoms with Gasteiger partial charge in [0.25, 0.3) is 0 Å². The Morgan fingerprint density at radius 3 is 3.05 bits per heavy atom. The molecule has 1 unspecified atom stereocenters. The lowest BCUT2D eigenvalue weighted by atomic mass is 10.1. The standard InChI is InChI=1S/C18H28N4/c1-2-22-10-4-7-17(22)13-21-18(19)20-12-14-8-9-15-5-3-6-16(15)11-14/h8-9,11,17H,2-7,10,12-13H2,1H3,(H3,19,20,21). The number of rotatable bonds is 5. The minimum atomic E-state index is 0.573. The molecular formula is C18H28N4. The number of aryl methyl sites for hydroxylation is 2. The number of benzene rings is 1. The van der Waals surface area contributed by atoms with Crippen molar-refractivity contribution in [2.75, 3.05) is 19.6 Å². The third kappa shape index (κ3) is 3.61. The van der Waals surface area contributed by atoms with Gasteiger partial charge in [0.05, 0.1) is 6.54 Å². The van der Waals surface area contributed by atoms with Crippen LogP contribution >= 0.6 is 0 Å². The molecule has 1 heterocycles. The number of hydrogen-bond donors (Lipinski definition) is 2. The number of fused-ring (bicyclic) bond motifs is 1. The van der Waals surface area contributed by atoms with Gasteiger partial charge in [-0.3, -0.25) is 4.90 Å². The zero-order chi connectivity index (χ0) is 15.4. The number of nitrogens with one attached hydrogen (secondary N) is 1. The zero-order valence-corrected chi connectivity index (χ0v) is 13.6. The van der Waals surface area contributed by atoms with Crippen LogP contribution in [0.4, 0.5) is 0 Å². The molecule has 0 saturated carbocycles. The quantitative estimate of drug-likeness (QED) is 0.646. The number of aliphatic imine (C=N–C) groups is 1. The fourth-order valence-corrected chi connectivity index (χ4v) is 3.72. The SMILES string of the molecule is CCN1CCCC1CNC(N)=NCc1ccc2c(c1)CCC2. The molecule has 1 atom stereocenters. The Bertz CT molecular complexity index is 538. The molecule has 2 aliphatic rings. The van der Waals surface area contributed by atoms with E-state index in [-0.39, 0.29) is 0 Å². The summed E-state index contributed by atoms with van der Waals surface area (Å²) in [4.78, 5) is 7.01. The van der Waals surface area contributed by atoms with Crippen molar-refractivity contribution in [3.8, 4) is 0 Å². The van der Waals surface area contributed by atoms with Crippen molar-refractivity contribution in [2.24, 2.45) is 10.7 Å². The molecule has 3 N–H and O–H groups in total. The van der Waals surface area contributed by atoms with Crippen molar-refractivity contribution in [3.63, 3.8) is 0 Å². The van der Waals surface area contributed by atoms with E-state index in [4.69, 9.17) is 5.73 Å². The molecule has 0 bridgehead atoms. The number of hydrogen-bond acceptors (Lipinski definition) is 2. The smallest absolute Gasteiger partial charge is 0.188 e. The van der Waals surface area contributed by atoms with Gasteiger partial charge in [0.2, 0.25) is 0 Å². The van der Waals surface area contributed by atoms with Gasteiger partial charge in [0.1, 0.15) is 0 Å². The molecule has 22 heavy (non-hydrogen) atoms. The Kier molecular flexibility index (Phi) is 4.98. The summed E-state index contributed by atoms with van der Waals surface area (Å²) in [6, 6.07) is 7.36. The topological polar surface area (TPSA) is 53.6 Å². The lowest BCUT2D eigenvalue weighted by molar-refractivity contribution is 0.267. The van der Waals surface area contributed by atoms with Gasteiger partial charge in [-0.25, -0.2) is 4.99 Å². The summed E-state index contributed by atoms with van der Waals surface area (Å²) >= 11 is 0. The number of guanidine groups is 1. The molecule has 120 valence electrons. The van der Waals surface area contributed by atoms with Gasteiger partial charge in [0.15, 0.2) is 5.96 Å². The summed E-state index contributed by atoms with van der Waals surface area (Å²) in [6.07, 6.45) is 6.30. The van der Waals surface area contributed by atoms with Gasteiger partial charge in [-0.05, 0) is 61.9 Å². The second-order valence-corrected chi connectivity index (χ2v) is 6.46. The molecule has 0 amide bonds. The number of likely N-dealkylation sites (tertiary alicyclic amines) is 1. The third-order valence-corrected chi connectivity index (χ3v) is 5.02. The van der Waals surface area contributed by atoms with E-state index in [2.05, 4.69) is 40.3 Å². The first-order valence-electron chi connectivity index (χ1n) is 8.65. The van der Waals surface area contributed by atoms with Gasteiger partial charge < -0.3 is 11.1 Å². The maximum Gasteiger partial charge on any atom is 0.188 e. The first-order chi connectivity index (χ1) is 10.8. The molecule has 0 radical (unpaired) electrons. The summed E-state index contributed by atoms with van der Waals surface area (Å²) in [5.74, 6) is 0.573. The molecule has 0 aromatic heterocycles. The molecule has 1 fully saturated rings. The normalized spacial score (nSPS) is 22.0. The monoisotopic (exact) mass is 300 g/mol. The van der Waals surface area contributed by atoms with Crippen LogP contribution in [0.3, 0.4) is 0 Å². The van der Waals surface area contributed by atoms with Crippen LogP contribution in [0.25, 0.3) is 0 Å². The van der Waals surface area contributed by atoms with Crippen molar-refractivity contribution in [2.45, 2.75) is 51.6 Å². The van der Waals surface area contributed by atoms with Crippen molar-refractivity contribution in [1.82, 2.24) is 10.2 Å². The lowest BCUT2D eigenvalue weighted by Gasteiger charge is -2.23. The molecule has 1 aliphatic carbocycles. The highest BCUT2D eigenvalue weighted by molar-refractivity contribution is 5.77. The van der Waals surface area contributed by atoms with Crippen LogP contribution < -0.4 is 11.1 Å². The first kappa shape index (κ1) is 15.3. The molecule has 4 nitrogen and oxygen atoms in total. The zero-order valence-electron chi connectivity index (χ0n) is 13.6. The Balaban J connectivity index is 1.50. The average Bonchev–Trinajstić information content (AvgIpc) is 3.18. The largest absolute Gasteiger partial charge is 0.370 e. The van der Waals surface area contributed by atoms with E-state index in [0.717, 1.165) is 13.1 Å². The maximum absolute atomic E-state index is 6.02. The minimum Gasteiger partial charge on any atom is -0.370 e. The van der Waals surface area contributed by atoms with Crippen molar-refractivity contribution < 1.29 is 0 Å². The molecule has 0 spiro atoms. The Morgan fingerprint density at radius 1 is 1.32 bits per heavy atom. The molecule has 4 heteroatoms. The van der Waals surface area contributed by atoms with Crippen LogP contribution in [0.1, 0.15) is 42.9 Å². The van der Waals surface area contributed by atoms with Gasteiger partial charge in [-0.1, -0.05) is 25.1 Å². The van der Waals surface area contributed by atoms with E-state index < -0.39 is 0 Å². The van der Waals surface area contributed by atoms with Crippen LogP contribution in [0.2, 0.25) is 0 Å². The Morgan fingerprint density at radius 2 is 2.18 bits per heavy atom. The Hall–Kier alpha value is -1.55. The first-order valence-corrected chi connectivity index (χ1v) is 8.65. The molecule has 1 aromatic rings. The van der Waals surface area contributed by atoms with Gasteiger partial charge >= 0.3 is 0 Å². The predicted molar refractivity (Wildman–Crippen MR) is 92.1 cm³/mol. The Labute approximate surface area is 133 Å². The van der Waals surface area contributed by atoms with E-state index >= 15 is 0 Å². The fraction of sp³-hybridized carbons (Fsp3) is 0.611. The molecular weight excluding hydrogens is 272 g/mol. The van der Waals surface area contributed by atoms with Crippen LogP contribution in [-0.4, -0.2) is 36.5 Å². The predicted octanol–water partition coefficient (Wildman–Crippen LogP) is 2.06. The van der Waals surface area contributed by atoms with Crippen LogP contribution in [-0.2, 0) is 19.4 Å². The van der Waals surface area contributed by atoms with Crippen LogP contribution in [0, 0.1) is 0 Å². The molecule has 3 rings (SSSR count). The summed E-state index contributed by atoms with van der Waals surface area (Å²) in [5, 5.41) is 3.30. The summed E-state index contributed by atoms with van der Waals surface area (Å²) < 4.78 is 0. The van der Waals surface area contributed by atoms with Gasteiger partial charge in [-0.15, -0.1) is 0 Å². The van der Waals surface area contributed by atoms with Gasteiger partial charge in [0, 0.05) is 12.6 Å². The highest BCUT2D eigenvalue weighted by atomic mass is 15.2. The van der Waals surface area contributed by atoms with Crippen molar-refractivity contribution in [3.05, 3.63) is 34.9 Å². The molecule has 1 aliphatic heterocycles. The third-order valence-electron chi connectivity index (χ3n) is 5.02. The number of nitrogens with zero attached hydrogens (tertiary/aromatic N) is 2. The highest BCUT2D eigenvalue weighted by Crippen LogP contribution is 2.23. The van der Waals surface area contributed by atoms with Crippen molar-refractivity contribution >= 4 is 5.96 Å².